The van der Waals surface area contributed by atoms with Gasteiger partial charge in [0.15, 0.2) is 0 Å². The highest BCUT2D eigenvalue weighted by atomic mass is 31.1. The Hall–Kier alpha value is -3.74. The molecule has 1 N–H and O–H groups in total. The van der Waals surface area contributed by atoms with E-state index in [1.54, 1.807) is 16.4 Å². The Bertz CT molecular complexity index is 2180. The topological polar surface area (TPSA) is 24.9 Å². The summed E-state index contributed by atoms with van der Waals surface area (Å²) in [5, 5.41) is 8.47. The number of anilines is 1. The number of fused-ring (bicyclic) bond motifs is 4. The molecule has 2 aliphatic rings. The highest BCUT2D eigenvalue weighted by molar-refractivity contribution is 7.80. The summed E-state index contributed by atoms with van der Waals surface area (Å²) in [6.45, 7) is 36.1. The molecule has 306 valence electrons. The van der Waals surface area contributed by atoms with Crippen molar-refractivity contribution in [3.05, 3.63) is 147 Å². The van der Waals surface area contributed by atoms with Gasteiger partial charge in [-0.3, -0.25) is 4.98 Å². The minimum atomic E-state index is -0.933. The molecule has 0 saturated heterocycles. The maximum Gasteiger partial charge on any atom is 0.0597 e. The van der Waals surface area contributed by atoms with Crippen LogP contribution in [-0.2, 0) is 51.9 Å². The fraction of sp³-hybridized carbons (Fsp3) is 0.473. The normalized spacial score (nSPS) is 17.2. The standard InChI is InChI=1S/C55H71N2P/c1-50(2,3)38-24-27-56-43(30-38)35-57-46-20-16-18-36-22-25-55(48(36)46)26-23-37-19-17-21-47(49(37)55)58(44-31-39(51(4,5)6)28-40(32-44)52(7,8)9)45-33-41(53(10,11)12)29-42(34-45)54(13,14)15/h16-21,24,27-34,57H,22-23,25-26,35H2,1-15H3/t55-/m1/s1. The third kappa shape index (κ3) is 8.22. The van der Waals surface area contributed by atoms with Crippen molar-refractivity contribution in [3.63, 3.8) is 0 Å². The molecule has 0 aliphatic heterocycles. The summed E-state index contributed by atoms with van der Waals surface area (Å²) in [5.41, 5.74) is 15.7. The Kier molecular flexibility index (Phi) is 10.8. The lowest BCUT2D eigenvalue weighted by Crippen LogP contribution is -2.33. The van der Waals surface area contributed by atoms with E-state index in [-0.39, 0.29) is 32.5 Å². The molecule has 0 unspecified atom stereocenters. The minimum absolute atomic E-state index is 0.0208. The monoisotopic (exact) mass is 791 g/mol. The van der Waals surface area contributed by atoms with E-state index >= 15 is 0 Å². The largest absolute Gasteiger partial charge is 0.379 e. The van der Waals surface area contributed by atoms with Gasteiger partial charge in [-0.15, -0.1) is 0 Å². The molecule has 1 aromatic heterocycles. The molecule has 7 rings (SSSR count). The first-order chi connectivity index (χ1) is 26.9. The molecule has 0 radical (unpaired) electrons. The van der Waals surface area contributed by atoms with Crippen molar-refractivity contribution in [1.29, 1.82) is 0 Å². The van der Waals surface area contributed by atoms with Gasteiger partial charge in [0.2, 0.25) is 0 Å². The number of rotatable bonds is 6. The van der Waals surface area contributed by atoms with E-state index in [1.165, 1.54) is 55.2 Å². The summed E-state index contributed by atoms with van der Waals surface area (Å²) in [6, 6.07) is 34.2. The third-order valence-corrected chi connectivity index (χ3v) is 15.5. The lowest BCUT2D eigenvalue weighted by atomic mass is 9.76. The molecule has 0 saturated carbocycles. The lowest BCUT2D eigenvalue weighted by Gasteiger charge is -2.35. The van der Waals surface area contributed by atoms with E-state index in [0.717, 1.165) is 31.4 Å². The van der Waals surface area contributed by atoms with Crippen LogP contribution >= 0.6 is 7.92 Å². The smallest absolute Gasteiger partial charge is 0.0597 e. The van der Waals surface area contributed by atoms with Crippen molar-refractivity contribution in [2.75, 3.05) is 5.32 Å². The van der Waals surface area contributed by atoms with Crippen LogP contribution in [-0.4, -0.2) is 4.98 Å². The maximum absolute atomic E-state index is 4.83. The number of aromatic nitrogens is 1. The Morgan fingerprint density at radius 1 is 0.517 bits per heavy atom. The van der Waals surface area contributed by atoms with Crippen molar-refractivity contribution in [3.8, 4) is 0 Å². The first kappa shape index (κ1) is 42.4. The fourth-order valence-corrected chi connectivity index (χ4v) is 12.1. The molecule has 3 heteroatoms. The van der Waals surface area contributed by atoms with E-state index in [0.29, 0.717) is 6.54 Å². The summed E-state index contributed by atoms with van der Waals surface area (Å²) in [7, 11) is -0.933. The zero-order valence-corrected chi connectivity index (χ0v) is 39.5. The van der Waals surface area contributed by atoms with Crippen LogP contribution in [0.15, 0.2) is 91.1 Å². The molecular weight excluding hydrogens is 720 g/mol. The molecule has 2 nitrogen and oxygen atoms in total. The molecule has 0 amide bonds. The van der Waals surface area contributed by atoms with Crippen LogP contribution in [0.2, 0.25) is 0 Å². The SMILES string of the molecule is CC(C)(C)c1cc(P(c2cc(C(C)(C)C)cc(C(C)(C)C)c2)c2cccc3c2[C@]2(CCc4cccc(NCc5cc(C(C)(C)C)ccn5)c42)CC3)cc(C(C)(C)C)c1. The van der Waals surface area contributed by atoms with E-state index in [2.05, 4.69) is 194 Å². The highest BCUT2D eigenvalue weighted by Gasteiger charge is 2.48. The summed E-state index contributed by atoms with van der Waals surface area (Å²) in [4.78, 5) is 4.83. The van der Waals surface area contributed by atoms with Crippen molar-refractivity contribution in [2.24, 2.45) is 0 Å². The predicted octanol–water partition coefficient (Wildman–Crippen LogP) is 13.1. The van der Waals surface area contributed by atoms with Gasteiger partial charge in [-0.25, -0.2) is 0 Å². The summed E-state index contributed by atoms with van der Waals surface area (Å²) in [5.74, 6) is 0. The van der Waals surface area contributed by atoms with Gasteiger partial charge in [-0.05, 0) is 145 Å². The van der Waals surface area contributed by atoms with Crippen LogP contribution in [0.5, 0.6) is 0 Å². The molecule has 5 aromatic rings. The van der Waals surface area contributed by atoms with Crippen LogP contribution in [0.1, 0.15) is 172 Å². The van der Waals surface area contributed by atoms with Crippen LogP contribution < -0.4 is 21.2 Å². The zero-order valence-electron chi connectivity index (χ0n) is 38.6. The second-order valence-corrected chi connectivity index (χ2v) is 24.9. The Morgan fingerprint density at radius 3 is 1.43 bits per heavy atom. The molecule has 1 heterocycles. The molecule has 0 bridgehead atoms. The lowest BCUT2D eigenvalue weighted by molar-refractivity contribution is 0.510. The Balaban J connectivity index is 1.47. The number of benzene rings is 4. The predicted molar refractivity (Wildman–Crippen MR) is 254 cm³/mol. The maximum atomic E-state index is 4.83. The van der Waals surface area contributed by atoms with Crippen molar-refractivity contribution >= 4 is 29.5 Å². The molecule has 0 fully saturated rings. The summed E-state index contributed by atoms with van der Waals surface area (Å²) < 4.78 is 0. The van der Waals surface area contributed by atoms with Gasteiger partial charge < -0.3 is 5.32 Å². The highest BCUT2D eigenvalue weighted by Crippen LogP contribution is 2.56. The van der Waals surface area contributed by atoms with Gasteiger partial charge >= 0.3 is 0 Å². The van der Waals surface area contributed by atoms with Crippen molar-refractivity contribution in [1.82, 2.24) is 4.98 Å². The molecule has 4 aromatic carbocycles. The molecule has 1 spiro atoms. The van der Waals surface area contributed by atoms with Crippen LogP contribution in [0, 0.1) is 0 Å². The fourth-order valence-electron chi connectivity index (χ4n) is 9.37. The van der Waals surface area contributed by atoms with E-state index < -0.39 is 7.92 Å². The second kappa shape index (κ2) is 14.8. The Morgan fingerprint density at radius 2 is 0.966 bits per heavy atom. The quantitative estimate of drug-likeness (QED) is 0.173. The number of aryl methyl sites for hydroxylation is 2. The second-order valence-electron chi connectivity index (χ2n) is 22.7. The number of hydrogen-bond acceptors (Lipinski definition) is 2. The number of nitrogens with zero attached hydrogens (tertiary/aromatic N) is 1. The average Bonchev–Trinajstić information content (AvgIpc) is 3.70. The van der Waals surface area contributed by atoms with Crippen LogP contribution in [0.4, 0.5) is 5.69 Å². The molecule has 1 atom stereocenters. The van der Waals surface area contributed by atoms with Gasteiger partial charge in [0.25, 0.3) is 0 Å². The van der Waals surface area contributed by atoms with Gasteiger partial charge in [-0.2, -0.15) is 0 Å². The zero-order chi connectivity index (χ0) is 42.2. The number of hydrogen-bond donors (Lipinski definition) is 1. The van der Waals surface area contributed by atoms with E-state index in [9.17, 15) is 0 Å². The Labute approximate surface area is 353 Å². The summed E-state index contributed by atoms with van der Waals surface area (Å²) >= 11 is 0. The summed E-state index contributed by atoms with van der Waals surface area (Å²) in [6.07, 6.45) is 6.50. The van der Waals surface area contributed by atoms with Gasteiger partial charge in [0, 0.05) is 17.3 Å². The first-order valence-electron chi connectivity index (χ1n) is 21.9. The molecule has 2 aliphatic carbocycles. The van der Waals surface area contributed by atoms with Gasteiger partial charge in [-0.1, -0.05) is 171 Å². The third-order valence-electron chi connectivity index (χ3n) is 13.1. The van der Waals surface area contributed by atoms with Crippen molar-refractivity contribution in [2.45, 2.75) is 169 Å². The first-order valence-corrected chi connectivity index (χ1v) is 23.3. The number of nitrogens with one attached hydrogen (secondary N) is 1. The van der Waals surface area contributed by atoms with Gasteiger partial charge in [0.05, 0.1) is 12.2 Å². The number of pyridine rings is 1. The van der Waals surface area contributed by atoms with E-state index in [1.807, 2.05) is 6.20 Å². The van der Waals surface area contributed by atoms with Crippen LogP contribution in [0.3, 0.4) is 0 Å². The van der Waals surface area contributed by atoms with Crippen molar-refractivity contribution < 1.29 is 0 Å². The average molecular weight is 791 g/mol. The van der Waals surface area contributed by atoms with Crippen LogP contribution in [0.25, 0.3) is 0 Å². The molecular formula is C55H71N2P. The van der Waals surface area contributed by atoms with E-state index in [4.69, 9.17) is 4.98 Å². The molecule has 58 heavy (non-hydrogen) atoms. The minimum Gasteiger partial charge on any atom is -0.379 e. The van der Waals surface area contributed by atoms with Gasteiger partial charge in [0.1, 0.15) is 0 Å².